The van der Waals surface area contributed by atoms with Crippen molar-refractivity contribution in [3.8, 4) is 0 Å². The highest BCUT2D eigenvalue weighted by atomic mass is 32.1. The van der Waals surface area contributed by atoms with Crippen LogP contribution >= 0.6 is 11.3 Å². The smallest absolute Gasteiger partial charge is 0.348 e. The van der Waals surface area contributed by atoms with E-state index in [4.69, 9.17) is 9.47 Å². The third kappa shape index (κ3) is 2.82. The third-order valence-corrected chi connectivity index (χ3v) is 3.05. The van der Waals surface area contributed by atoms with Crippen LogP contribution in [-0.4, -0.2) is 25.2 Å². The highest BCUT2D eigenvalue weighted by Gasteiger charge is 2.18. The van der Waals surface area contributed by atoms with E-state index in [0.717, 1.165) is 16.9 Å². The number of carbonyl (C=O) groups is 2. The molecule has 4 nitrogen and oxygen atoms in total. The Morgan fingerprint density at radius 3 is 2.31 bits per heavy atom. The minimum Gasteiger partial charge on any atom is -0.462 e. The van der Waals surface area contributed by atoms with Gasteiger partial charge in [-0.2, -0.15) is 0 Å². The maximum atomic E-state index is 11.5. The Morgan fingerprint density at radius 2 is 1.75 bits per heavy atom. The van der Waals surface area contributed by atoms with Gasteiger partial charge in [0.05, 0.1) is 13.2 Å². The molecular weight excluding hydrogens is 228 g/mol. The van der Waals surface area contributed by atoms with Gasteiger partial charge >= 0.3 is 11.9 Å². The minimum absolute atomic E-state index is 0.324. The first-order valence-electron chi connectivity index (χ1n) is 5.04. The summed E-state index contributed by atoms with van der Waals surface area (Å²) in [5, 5.41) is 0. The van der Waals surface area contributed by atoms with Gasteiger partial charge in [0.2, 0.25) is 0 Å². The number of ether oxygens (including phenoxy) is 2. The number of hydrogen-bond acceptors (Lipinski definition) is 5. The predicted molar refractivity (Wildman–Crippen MR) is 61.0 cm³/mol. The van der Waals surface area contributed by atoms with E-state index in [0.29, 0.717) is 23.0 Å². The Kier molecular flexibility index (Phi) is 4.49. The molecule has 1 aromatic rings. The maximum Gasteiger partial charge on any atom is 0.348 e. The van der Waals surface area contributed by atoms with Crippen molar-refractivity contribution in [1.82, 2.24) is 0 Å². The summed E-state index contributed by atoms with van der Waals surface area (Å²) >= 11 is 1.11. The van der Waals surface area contributed by atoms with Crippen molar-refractivity contribution in [1.29, 1.82) is 0 Å². The van der Waals surface area contributed by atoms with Crippen LogP contribution in [0.1, 0.15) is 38.8 Å². The van der Waals surface area contributed by atoms with Crippen LogP contribution in [0.15, 0.2) is 6.07 Å². The van der Waals surface area contributed by atoms with Gasteiger partial charge in [-0.3, -0.25) is 0 Å². The molecule has 88 valence electrons. The largest absolute Gasteiger partial charge is 0.462 e. The Bertz CT molecular complexity index is 395. The molecule has 0 aliphatic heterocycles. The second-order valence-electron chi connectivity index (χ2n) is 3.06. The SMILES string of the molecule is CCOC(=O)c1cc(C)c(C(=O)OCC)s1. The van der Waals surface area contributed by atoms with E-state index in [2.05, 4.69) is 0 Å². The lowest BCUT2D eigenvalue weighted by Crippen LogP contribution is -2.03. The lowest BCUT2D eigenvalue weighted by atomic mass is 10.2. The first-order valence-corrected chi connectivity index (χ1v) is 5.86. The first-order chi connectivity index (χ1) is 7.60. The van der Waals surface area contributed by atoms with Crippen LogP contribution in [0.4, 0.5) is 0 Å². The Balaban J connectivity index is 2.89. The zero-order valence-electron chi connectivity index (χ0n) is 9.53. The molecule has 16 heavy (non-hydrogen) atoms. The fourth-order valence-electron chi connectivity index (χ4n) is 1.18. The molecule has 0 aliphatic carbocycles. The standard InChI is InChI=1S/C11H14O4S/c1-4-14-10(12)8-6-7(3)9(16-8)11(13)15-5-2/h6H,4-5H2,1-3H3. The van der Waals surface area contributed by atoms with E-state index in [1.54, 1.807) is 26.8 Å². The van der Waals surface area contributed by atoms with Gasteiger partial charge in [-0.05, 0) is 32.4 Å². The quantitative estimate of drug-likeness (QED) is 0.761. The van der Waals surface area contributed by atoms with Crippen LogP contribution < -0.4 is 0 Å². The molecule has 1 heterocycles. The normalized spacial score (nSPS) is 9.94. The van der Waals surface area contributed by atoms with Gasteiger partial charge in [0.25, 0.3) is 0 Å². The molecule has 0 spiro atoms. The summed E-state index contributed by atoms with van der Waals surface area (Å²) in [7, 11) is 0. The van der Waals surface area contributed by atoms with Gasteiger partial charge in [-0.15, -0.1) is 11.3 Å². The molecular formula is C11H14O4S. The first kappa shape index (κ1) is 12.7. The summed E-state index contributed by atoms with van der Waals surface area (Å²) < 4.78 is 9.74. The van der Waals surface area contributed by atoms with Crippen LogP contribution in [0, 0.1) is 6.92 Å². The molecule has 0 saturated carbocycles. The Hall–Kier alpha value is -1.36. The summed E-state index contributed by atoms with van der Waals surface area (Å²) in [6.45, 7) is 5.90. The second-order valence-corrected chi connectivity index (χ2v) is 4.12. The molecule has 1 rings (SSSR count). The van der Waals surface area contributed by atoms with Gasteiger partial charge in [0, 0.05) is 0 Å². The van der Waals surface area contributed by atoms with E-state index in [-0.39, 0.29) is 5.97 Å². The highest BCUT2D eigenvalue weighted by Crippen LogP contribution is 2.23. The topological polar surface area (TPSA) is 52.6 Å². The zero-order valence-corrected chi connectivity index (χ0v) is 10.3. The van der Waals surface area contributed by atoms with Crippen molar-refractivity contribution >= 4 is 23.3 Å². The Labute approximate surface area is 98.2 Å². The predicted octanol–water partition coefficient (Wildman–Crippen LogP) is 2.41. The van der Waals surface area contributed by atoms with E-state index >= 15 is 0 Å². The fraction of sp³-hybridized carbons (Fsp3) is 0.455. The van der Waals surface area contributed by atoms with E-state index in [9.17, 15) is 9.59 Å². The summed E-state index contributed by atoms with van der Waals surface area (Å²) in [5.41, 5.74) is 0.742. The fourth-order valence-corrected chi connectivity index (χ4v) is 2.14. The molecule has 0 radical (unpaired) electrons. The monoisotopic (exact) mass is 242 g/mol. The van der Waals surface area contributed by atoms with Gasteiger partial charge < -0.3 is 9.47 Å². The summed E-state index contributed by atoms with van der Waals surface area (Å²) in [6.07, 6.45) is 0. The van der Waals surface area contributed by atoms with E-state index < -0.39 is 5.97 Å². The van der Waals surface area contributed by atoms with Crippen molar-refractivity contribution in [3.05, 3.63) is 21.4 Å². The summed E-state index contributed by atoms with van der Waals surface area (Å²) in [5.74, 6) is -0.785. The number of carbonyl (C=O) groups excluding carboxylic acids is 2. The van der Waals surface area contributed by atoms with Gasteiger partial charge in [-0.25, -0.2) is 9.59 Å². The number of aryl methyl sites for hydroxylation is 1. The van der Waals surface area contributed by atoms with Crippen molar-refractivity contribution in [2.45, 2.75) is 20.8 Å². The van der Waals surface area contributed by atoms with E-state index in [1.165, 1.54) is 0 Å². The van der Waals surface area contributed by atoms with Crippen molar-refractivity contribution in [2.75, 3.05) is 13.2 Å². The molecule has 1 aromatic heterocycles. The van der Waals surface area contributed by atoms with Crippen molar-refractivity contribution in [2.24, 2.45) is 0 Å². The molecule has 0 bridgehead atoms. The van der Waals surface area contributed by atoms with Crippen LogP contribution in [0.25, 0.3) is 0 Å². The molecule has 0 N–H and O–H groups in total. The number of rotatable bonds is 4. The van der Waals surface area contributed by atoms with Crippen LogP contribution in [0.3, 0.4) is 0 Å². The maximum absolute atomic E-state index is 11.5. The van der Waals surface area contributed by atoms with Crippen LogP contribution in [0.5, 0.6) is 0 Å². The van der Waals surface area contributed by atoms with E-state index in [1.807, 2.05) is 0 Å². The molecule has 0 atom stereocenters. The molecule has 0 aromatic carbocycles. The molecule has 0 amide bonds. The van der Waals surface area contributed by atoms with Gasteiger partial charge in [0.15, 0.2) is 0 Å². The molecule has 5 heteroatoms. The highest BCUT2D eigenvalue weighted by molar-refractivity contribution is 7.16. The lowest BCUT2D eigenvalue weighted by molar-refractivity contribution is 0.0524. The number of esters is 2. The molecule has 0 unspecified atom stereocenters. The molecule has 0 saturated heterocycles. The van der Waals surface area contributed by atoms with Gasteiger partial charge in [0.1, 0.15) is 9.75 Å². The Morgan fingerprint density at radius 1 is 1.19 bits per heavy atom. The summed E-state index contributed by atoms with van der Waals surface area (Å²) in [6, 6.07) is 1.65. The van der Waals surface area contributed by atoms with Crippen LogP contribution in [-0.2, 0) is 9.47 Å². The van der Waals surface area contributed by atoms with Gasteiger partial charge in [-0.1, -0.05) is 0 Å². The third-order valence-electron chi connectivity index (χ3n) is 1.86. The molecule has 0 fully saturated rings. The second kappa shape index (κ2) is 5.65. The summed E-state index contributed by atoms with van der Waals surface area (Å²) in [4.78, 5) is 23.8. The lowest BCUT2D eigenvalue weighted by Gasteiger charge is -1.99. The number of hydrogen-bond donors (Lipinski definition) is 0. The van der Waals surface area contributed by atoms with Crippen molar-refractivity contribution < 1.29 is 19.1 Å². The average Bonchev–Trinajstić information content (AvgIpc) is 2.61. The minimum atomic E-state index is -0.397. The van der Waals surface area contributed by atoms with Crippen molar-refractivity contribution in [3.63, 3.8) is 0 Å². The average molecular weight is 242 g/mol. The zero-order chi connectivity index (χ0) is 12.1. The number of thiophene rings is 1. The van der Waals surface area contributed by atoms with Crippen LogP contribution in [0.2, 0.25) is 0 Å². The molecule has 0 aliphatic rings.